The van der Waals surface area contributed by atoms with Gasteiger partial charge in [-0.2, -0.15) is 4.98 Å². The first-order chi connectivity index (χ1) is 20.2. The van der Waals surface area contributed by atoms with Crippen molar-refractivity contribution in [3.63, 3.8) is 0 Å². The third-order valence-corrected chi connectivity index (χ3v) is 18.5. The van der Waals surface area contributed by atoms with Gasteiger partial charge in [-0.15, -0.1) is 0 Å². The third kappa shape index (κ3) is 5.96. The zero-order chi connectivity index (χ0) is 31.7. The van der Waals surface area contributed by atoms with Crippen LogP contribution in [0.5, 0.6) is 0 Å². The highest BCUT2D eigenvalue weighted by Gasteiger charge is 2.66. The normalized spacial score (nSPS) is 26.6. The highest BCUT2D eigenvalue weighted by Crippen LogP contribution is 2.51. The van der Waals surface area contributed by atoms with Crippen LogP contribution >= 0.6 is 0 Å². The lowest BCUT2D eigenvalue weighted by Crippen LogP contribution is -2.68. The van der Waals surface area contributed by atoms with Crippen molar-refractivity contribution < 1.29 is 27.6 Å². The van der Waals surface area contributed by atoms with Crippen molar-refractivity contribution in [3.05, 3.63) is 69.1 Å². The number of aromatic nitrogens is 2. The Bertz CT molecular complexity index is 1400. The average Bonchev–Trinajstić information content (AvgIpc) is 3.19. The molecule has 0 aliphatic carbocycles. The molecule has 2 fully saturated rings. The first kappa shape index (κ1) is 33.0. The second kappa shape index (κ2) is 12.6. The predicted octanol–water partition coefficient (Wildman–Crippen LogP) is 5.35. The van der Waals surface area contributed by atoms with Crippen LogP contribution in [0.2, 0.25) is 22.2 Å². The van der Waals surface area contributed by atoms with E-state index < -0.39 is 52.9 Å². The van der Waals surface area contributed by atoms with Gasteiger partial charge in [0, 0.05) is 16.7 Å². The summed E-state index contributed by atoms with van der Waals surface area (Å²) in [6, 6.07) is 9.95. The molecule has 0 bridgehead atoms. The summed E-state index contributed by atoms with van der Waals surface area (Å²) in [6.45, 7) is 16.1. The number of aliphatic hydroxyl groups is 1. The molecule has 3 heterocycles. The molecule has 2 aliphatic heterocycles. The molecule has 1 amide bonds. The van der Waals surface area contributed by atoms with Crippen LogP contribution < -0.4 is 11.0 Å². The first-order valence-corrected chi connectivity index (χ1v) is 18.6. The number of hydrogen-bond donors (Lipinski definition) is 2. The predicted molar refractivity (Wildman–Crippen MR) is 165 cm³/mol. The van der Waals surface area contributed by atoms with E-state index in [0.29, 0.717) is 5.56 Å². The second-order valence-electron chi connectivity index (χ2n) is 12.3. The van der Waals surface area contributed by atoms with Crippen molar-refractivity contribution in [3.8, 4) is 0 Å². The van der Waals surface area contributed by atoms with Gasteiger partial charge in [-0.3, -0.25) is 9.36 Å². The minimum atomic E-state index is -3.23. The molecule has 1 aromatic heterocycles. The quantitative estimate of drug-likeness (QED) is 0.170. The zero-order valence-electron chi connectivity index (χ0n) is 25.9. The number of azide groups is 1. The molecule has 15 heteroatoms. The number of rotatable bonds is 8. The molecule has 4 atom stereocenters. The summed E-state index contributed by atoms with van der Waals surface area (Å²) in [4.78, 5) is 32.9. The summed E-state index contributed by atoms with van der Waals surface area (Å²) in [5.74, 6) is -0.401. The summed E-state index contributed by atoms with van der Waals surface area (Å²) < 4.78 is 28.2. The van der Waals surface area contributed by atoms with Crippen molar-refractivity contribution in [2.24, 2.45) is 5.11 Å². The van der Waals surface area contributed by atoms with Gasteiger partial charge in [-0.1, -0.05) is 78.7 Å². The fourth-order valence-corrected chi connectivity index (χ4v) is 17.3. The van der Waals surface area contributed by atoms with E-state index in [4.69, 9.17) is 17.7 Å². The van der Waals surface area contributed by atoms with Gasteiger partial charge in [0.1, 0.15) is 18.0 Å². The largest absolute Gasteiger partial charge is 0.414 e. The van der Waals surface area contributed by atoms with Crippen LogP contribution in [0.4, 0.5) is 5.82 Å². The van der Waals surface area contributed by atoms with Crippen LogP contribution in [0.1, 0.15) is 72.0 Å². The Labute approximate surface area is 253 Å². The number of carbonyl (C=O) groups excluding carboxylic acids is 1. The zero-order valence-corrected chi connectivity index (χ0v) is 27.9. The third-order valence-electron chi connectivity index (χ3n) is 8.32. The lowest BCUT2D eigenvalue weighted by atomic mass is 10.1. The lowest BCUT2D eigenvalue weighted by molar-refractivity contribution is -0.130. The van der Waals surface area contributed by atoms with Gasteiger partial charge in [-0.05, 0) is 45.9 Å². The van der Waals surface area contributed by atoms with Gasteiger partial charge in [0.15, 0.2) is 12.0 Å². The molecule has 2 aromatic rings. The Morgan fingerprint density at radius 1 is 1.07 bits per heavy atom. The van der Waals surface area contributed by atoms with Crippen molar-refractivity contribution in [2.45, 2.75) is 102 Å². The molecule has 0 unspecified atom stereocenters. The monoisotopic (exact) mass is 630 g/mol. The van der Waals surface area contributed by atoms with Crippen LogP contribution in [0.25, 0.3) is 10.4 Å². The van der Waals surface area contributed by atoms with Crippen LogP contribution in [0.3, 0.4) is 0 Å². The number of anilines is 1. The number of nitrogens with zero attached hydrogens (tertiary/aromatic N) is 5. The molecular formula is C28H42N6O7Si2. The van der Waals surface area contributed by atoms with E-state index in [2.05, 4.69) is 48.0 Å². The molecule has 0 spiro atoms. The molecule has 4 rings (SSSR count). The molecule has 0 radical (unpaired) electrons. The fraction of sp³-hybridized carbons (Fsp3) is 0.607. The van der Waals surface area contributed by atoms with E-state index in [1.54, 1.807) is 30.3 Å². The summed E-state index contributed by atoms with van der Waals surface area (Å²) >= 11 is 0. The number of carbonyl (C=O) groups is 1. The number of amides is 1. The summed E-state index contributed by atoms with van der Waals surface area (Å²) in [7, 11) is -6.26. The maximum atomic E-state index is 13.2. The molecule has 43 heavy (non-hydrogen) atoms. The van der Waals surface area contributed by atoms with E-state index in [9.17, 15) is 20.2 Å². The smallest absolute Gasteiger partial charge is 0.351 e. The van der Waals surface area contributed by atoms with E-state index in [0.717, 1.165) is 4.57 Å². The molecular weight excluding hydrogens is 589 g/mol. The Morgan fingerprint density at radius 2 is 1.67 bits per heavy atom. The standard InChI is InChI=1S/C28H42N6O7Si2/c1-17(2)42(18(3)4)38-16-28(32-33-29)24(40-43(41-42,19(5)6)20(7)8)23(35)26(39-28)34-15-14-22(31-27(34)37)30-25(36)21-12-10-9-11-13-21/h9-15,17-20,23-24,26,35H,16H2,1-8H3,(H,30,31,36,37)/t23-,24+,26-,28-/m1/s1. The maximum absolute atomic E-state index is 13.2. The maximum Gasteiger partial charge on any atom is 0.351 e. The van der Waals surface area contributed by atoms with E-state index in [1.807, 2.05) is 27.7 Å². The number of ether oxygens (including phenoxy) is 1. The highest BCUT2D eigenvalue weighted by molar-refractivity contribution is 6.84. The van der Waals surface area contributed by atoms with Gasteiger partial charge < -0.3 is 28.1 Å². The molecule has 2 N–H and O–H groups in total. The highest BCUT2D eigenvalue weighted by atomic mass is 28.5. The van der Waals surface area contributed by atoms with Gasteiger partial charge in [0.2, 0.25) is 0 Å². The SMILES string of the molecule is CC(C)[Si]1(C(C)C)OC[C@@]2(N=[N+]=[N-])O[C@@H](n3ccc(NC(=O)c4ccccc4)nc3=O)[C@H](O)[C@@H]2O[Si](C(C)C)(C(C)C)O1. The number of aliphatic hydroxyl groups excluding tert-OH is 1. The van der Waals surface area contributed by atoms with Crippen LogP contribution in [-0.2, 0) is 17.7 Å². The minimum absolute atomic E-state index is 0.0210. The first-order valence-electron chi connectivity index (χ1n) is 14.6. The number of nitrogens with one attached hydrogen (secondary N) is 1. The molecule has 13 nitrogen and oxygen atoms in total. The van der Waals surface area contributed by atoms with E-state index >= 15 is 0 Å². The summed E-state index contributed by atoms with van der Waals surface area (Å²) in [6.07, 6.45) is -2.60. The Hall–Kier alpha value is -2.89. The number of fused-ring (bicyclic) bond motifs is 1. The van der Waals surface area contributed by atoms with E-state index in [1.165, 1.54) is 12.3 Å². The second-order valence-corrected chi connectivity index (χ2v) is 21.2. The molecule has 0 saturated carbocycles. The Morgan fingerprint density at radius 3 is 2.21 bits per heavy atom. The molecule has 2 aliphatic rings. The topological polar surface area (TPSA) is 170 Å². The van der Waals surface area contributed by atoms with Crippen LogP contribution in [-0.4, -0.2) is 62.2 Å². The summed E-state index contributed by atoms with van der Waals surface area (Å²) in [5, 5.41) is 18.4. The number of hydrogen-bond acceptors (Lipinski definition) is 9. The number of benzene rings is 1. The average molecular weight is 631 g/mol. The van der Waals surface area contributed by atoms with Crippen molar-refractivity contribution >= 4 is 28.8 Å². The lowest BCUT2D eigenvalue weighted by Gasteiger charge is -2.52. The van der Waals surface area contributed by atoms with E-state index in [-0.39, 0.29) is 34.6 Å². The van der Waals surface area contributed by atoms with Gasteiger partial charge in [0.25, 0.3) is 5.91 Å². The van der Waals surface area contributed by atoms with Crippen molar-refractivity contribution in [2.75, 3.05) is 11.9 Å². The van der Waals surface area contributed by atoms with Crippen LogP contribution in [0.15, 0.2) is 52.5 Å². The Kier molecular flexibility index (Phi) is 9.69. The van der Waals surface area contributed by atoms with Gasteiger partial charge in [0.05, 0.1) is 6.61 Å². The molecule has 1 aromatic carbocycles. The summed E-state index contributed by atoms with van der Waals surface area (Å²) in [5.41, 5.74) is 7.43. The molecule has 2 saturated heterocycles. The molecule has 234 valence electrons. The Balaban J connectivity index is 1.76. The minimum Gasteiger partial charge on any atom is -0.414 e. The van der Waals surface area contributed by atoms with Gasteiger partial charge in [-0.25, -0.2) is 4.79 Å². The van der Waals surface area contributed by atoms with Gasteiger partial charge >= 0.3 is 22.8 Å². The van der Waals surface area contributed by atoms with Crippen molar-refractivity contribution in [1.82, 2.24) is 9.55 Å². The fourth-order valence-electron chi connectivity index (χ4n) is 6.03. The van der Waals surface area contributed by atoms with Crippen LogP contribution in [0, 0.1) is 0 Å². The van der Waals surface area contributed by atoms with Crippen molar-refractivity contribution in [1.29, 1.82) is 0 Å².